The normalized spacial score (nSPS) is 10.3. The summed E-state index contributed by atoms with van der Waals surface area (Å²) in [6.07, 6.45) is 0. The molecule has 0 fully saturated rings. The first-order chi connectivity index (χ1) is 9.76. The Morgan fingerprint density at radius 3 is 2.90 bits per heavy atom. The number of para-hydroxylation sites is 1. The molecule has 0 unspecified atom stereocenters. The highest BCUT2D eigenvalue weighted by molar-refractivity contribution is 7.18. The number of thiazole rings is 1. The molecular weight excluding hydrogens is 270 g/mol. The molecular formula is C15H11N3OS. The molecule has 98 valence electrons. The minimum Gasteiger partial charge on any atom is -0.485 e. The van der Waals surface area contributed by atoms with Crippen molar-refractivity contribution in [1.29, 1.82) is 5.26 Å². The first-order valence-electron chi connectivity index (χ1n) is 6.03. The molecule has 0 radical (unpaired) electrons. The van der Waals surface area contributed by atoms with Gasteiger partial charge in [-0.05, 0) is 30.3 Å². The predicted molar refractivity (Wildman–Crippen MR) is 79.5 cm³/mol. The van der Waals surface area contributed by atoms with E-state index in [1.54, 1.807) is 29.5 Å². The summed E-state index contributed by atoms with van der Waals surface area (Å²) < 4.78 is 6.80. The molecule has 0 aliphatic heterocycles. The van der Waals surface area contributed by atoms with Crippen molar-refractivity contribution in [2.45, 2.75) is 6.61 Å². The van der Waals surface area contributed by atoms with Crippen molar-refractivity contribution in [3.8, 4) is 11.8 Å². The molecule has 0 saturated heterocycles. The first kappa shape index (κ1) is 12.5. The van der Waals surface area contributed by atoms with Crippen molar-refractivity contribution in [2.75, 3.05) is 5.73 Å². The molecule has 3 rings (SSSR count). The van der Waals surface area contributed by atoms with E-state index < -0.39 is 0 Å². The first-order valence-corrected chi connectivity index (χ1v) is 6.85. The Morgan fingerprint density at radius 1 is 1.25 bits per heavy atom. The topological polar surface area (TPSA) is 71.9 Å². The van der Waals surface area contributed by atoms with E-state index in [0.717, 1.165) is 15.2 Å². The minimum atomic E-state index is 0.345. The second-order valence-corrected chi connectivity index (χ2v) is 5.35. The number of nitrogens with two attached hydrogens (primary N) is 1. The molecule has 0 saturated carbocycles. The number of nitriles is 1. The van der Waals surface area contributed by atoms with Gasteiger partial charge < -0.3 is 10.5 Å². The summed E-state index contributed by atoms with van der Waals surface area (Å²) in [7, 11) is 0. The third-order valence-electron chi connectivity index (χ3n) is 2.81. The lowest BCUT2D eigenvalue weighted by Gasteiger charge is -2.06. The Balaban J connectivity index is 1.81. The highest BCUT2D eigenvalue weighted by Gasteiger charge is 2.07. The minimum absolute atomic E-state index is 0.345. The van der Waals surface area contributed by atoms with Gasteiger partial charge in [0.2, 0.25) is 0 Å². The molecule has 4 nitrogen and oxygen atoms in total. The Labute approximate surface area is 120 Å². The summed E-state index contributed by atoms with van der Waals surface area (Å²) in [5.41, 5.74) is 7.60. The zero-order valence-corrected chi connectivity index (χ0v) is 11.4. The Morgan fingerprint density at radius 2 is 2.10 bits per heavy atom. The van der Waals surface area contributed by atoms with Crippen LogP contribution in [0, 0.1) is 11.3 Å². The Hall–Kier alpha value is -2.58. The van der Waals surface area contributed by atoms with Gasteiger partial charge in [0.15, 0.2) is 0 Å². The fourth-order valence-corrected chi connectivity index (χ4v) is 2.76. The number of rotatable bonds is 3. The third-order valence-corrected chi connectivity index (χ3v) is 3.82. The van der Waals surface area contributed by atoms with Crippen molar-refractivity contribution in [1.82, 2.24) is 4.98 Å². The summed E-state index contributed by atoms with van der Waals surface area (Å²) in [5.74, 6) is 0.529. The Bertz CT molecular complexity index is 771. The second kappa shape index (κ2) is 5.19. The fraction of sp³-hybridized carbons (Fsp3) is 0.0667. The van der Waals surface area contributed by atoms with Crippen LogP contribution >= 0.6 is 11.3 Å². The van der Waals surface area contributed by atoms with E-state index in [0.29, 0.717) is 23.6 Å². The fourth-order valence-electron chi connectivity index (χ4n) is 1.88. The highest BCUT2D eigenvalue weighted by atomic mass is 32.1. The molecule has 0 aliphatic carbocycles. The number of nitrogens with zero attached hydrogens (tertiary/aromatic N) is 2. The number of hydrogen-bond donors (Lipinski definition) is 1. The summed E-state index contributed by atoms with van der Waals surface area (Å²) in [6, 6.07) is 15.1. The maximum absolute atomic E-state index is 9.06. The van der Waals surface area contributed by atoms with Crippen molar-refractivity contribution >= 4 is 27.2 Å². The SMILES string of the molecule is N#Cc1cc(N)ccc1OCc1nc2ccccc2s1. The van der Waals surface area contributed by atoms with Crippen LogP contribution < -0.4 is 10.5 Å². The van der Waals surface area contributed by atoms with Gasteiger partial charge in [-0.3, -0.25) is 0 Å². The highest BCUT2D eigenvalue weighted by Crippen LogP contribution is 2.25. The van der Waals surface area contributed by atoms with Crippen LogP contribution in [-0.4, -0.2) is 4.98 Å². The maximum atomic E-state index is 9.06. The summed E-state index contributed by atoms with van der Waals surface area (Å²) in [5, 5.41) is 9.94. The average Bonchev–Trinajstić information content (AvgIpc) is 2.88. The molecule has 0 amide bonds. The van der Waals surface area contributed by atoms with Crippen LogP contribution in [0.1, 0.15) is 10.6 Å². The smallest absolute Gasteiger partial charge is 0.140 e. The molecule has 3 aromatic rings. The van der Waals surface area contributed by atoms with Crippen molar-refractivity contribution in [3.05, 3.63) is 53.0 Å². The lowest BCUT2D eigenvalue weighted by Crippen LogP contribution is -1.97. The predicted octanol–water partition coefficient (Wildman–Crippen LogP) is 3.33. The van der Waals surface area contributed by atoms with E-state index in [9.17, 15) is 0 Å². The van der Waals surface area contributed by atoms with E-state index in [-0.39, 0.29) is 0 Å². The number of anilines is 1. The zero-order valence-electron chi connectivity index (χ0n) is 10.5. The van der Waals surface area contributed by atoms with Gasteiger partial charge in [0.1, 0.15) is 23.4 Å². The molecule has 0 atom stereocenters. The molecule has 1 heterocycles. The van der Waals surface area contributed by atoms with E-state index in [4.69, 9.17) is 15.7 Å². The van der Waals surface area contributed by atoms with E-state index in [1.165, 1.54) is 0 Å². The van der Waals surface area contributed by atoms with Gasteiger partial charge in [0, 0.05) is 5.69 Å². The molecule has 20 heavy (non-hydrogen) atoms. The summed E-state index contributed by atoms with van der Waals surface area (Å²) >= 11 is 1.59. The molecule has 1 aromatic heterocycles. The lowest BCUT2D eigenvalue weighted by atomic mass is 10.2. The van der Waals surface area contributed by atoms with Gasteiger partial charge in [-0.2, -0.15) is 5.26 Å². The lowest BCUT2D eigenvalue weighted by molar-refractivity contribution is 0.305. The number of aromatic nitrogens is 1. The van der Waals surface area contributed by atoms with E-state index in [1.807, 2.05) is 24.3 Å². The Kier molecular flexibility index (Phi) is 3.23. The van der Waals surface area contributed by atoms with E-state index >= 15 is 0 Å². The number of fused-ring (bicyclic) bond motifs is 1. The largest absolute Gasteiger partial charge is 0.485 e. The van der Waals surface area contributed by atoms with Crippen molar-refractivity contribution in [2.24, 2.45) is 0 Å². The number of ether oxygens (including phenoxy) is 1. The van der Waals surface area contributed by atoms with Crippen LogP contribution in [0.15, 0.2) is 42.5 Å². The van der Waals surface area contributed by atoms with Crippen LogP contribution in [0.5, 0.6) is 5.75 Å². The monoisotopic (exact) mass is 281 g/mol. The summed E-state index contributed by atoms with van der Waals surface area (Å²) in [6.45, 7) is 0.345. The van der Waals surface area contributed by atoms with Gasteiger partial charge in [-0.1, -0.05) is 12.1 Å². The second-order valence-electron chi connectivity index (χ2n) is 4.23. The van der Waals surface area contributed by atoms with Crippen LogP contribution in [0.4, 0.5) is 5.69 Å². The van der Waals surface area contributed by atoms with Crippen LogP contribution in [-0.2, 0) is 6.61 Å². The quantitative estimate of drug-likeness (QED) is 0.747. The van der Waals surface area contributed by atoms with Gasteiger partial charge >= 0.3 is 0 Å². The number of benzene rings is 2. The third kappa shape index (κ3) is 2.42. The molecule has 2 N–H and O–H groups in total. The molecule has 0 bridgehead atoms. The van der Waals surface area contributed by atoms with Gasteiger partial charge in [0.05, 0.1) is 15.8 Å². The maximum Gasteiger partial charge on any atom is 0.140 e. The van der Waals surface area contributed by atoms with Gasteiger partial charge in [-0.15, -0.1) is 11.3 Å². The van der Waals surface area contributed by atoms with Crippen LogP contribution in [0.25, 0.3) is 10.2 Å². The molecule has 2 aromatic carbocycles. The van der Waals surface area contributed by atoms with Gasteiger partial charge in [0.25, 0.3) is 0 Å². The summed E-state index contributed by atoms with van der Waals surface area (Å²) in [4.78, 5) is 4.49. The van der Waals surface area contributed by atoms with Gasteiger partial charge in [-0.25, -0.2) is 4.98 Å². The van der Waals surface area contributed by atoms with E-state index in [2.05, 4.69) is 11.1 Å². The van der Waals surface area contributed by atoms with Crippen LogP contribution in [0.2, 0.25) is 0 Å². The standard InChI is InChI=1S/C15H11N3OS/c16-8-10-7-11(17)5-6-13(10)19-9-15-18-12-3-1-2-4-14(12)20-15/h1-7H,9,17H2. The van der Waals surface area contributed by atoms with Crippen molar-refractivity contribution in [3.63, 3.8) is 0 Å². The van der Waals surface area contributed by atoms with Crippen LogP contribution in [0.3, 0.4) is 0 Å². The molecule has 5 heteroatoms. The number of hydrogen-bond acceptors (Lipinski definition) is 5. The number of nitrogen functional groups attached to an aromatic ring is 1. The molecule has 0 aliphatic rings. The average molecular weight is 281 g/mol. The molecule has 0 spiro atoms. The zero-order chi connectivity index (χ0) is 13.9. The van der Waals surface area contributed by atoms with Crippen molar-refractivity contribution < 1.29 is 4.74 Å².